The Bertz CT molecular complexity index is 820. The molecule has 0 radical (unpaired) electrons. The van der Waals surface area contributed by atoms with Crippen LogP contribution >= 0.6 is 11.3 Å². The minimum Gasteiger partial charge on any atom is -0.497 e. The number of benzene rings is 1. The molecule has 5 nitrogen and oxygen atoms in total. The van der Waals surface area contributed by atoms with E-state index in [9.17, 15) is 9.90 Å². The Morgan fingerprint density at radius 1 is 1.48 bits per heavy atom. The van der Waals surface area contributed by atoms with E-state index in [1.165, 1.54) is 11.3 Å². The predicted octanol–water partition coefficient (Wildman–Crippen LogP) is 3.01. The van der Waals surface area contributed by atoms with Crippen LogP contribution in [0.15, 0.2) is 29.6 Å². The van der Waals surface area contributed by atoms with Crippen molar-refractivity contribution in [3.63, 3.8) is 0 Å². The summed E-state index contributed by atoms with van der Waals surface area (Å²) in [6.45, 7) is 1.95. The molecule has 2 aromatic heterocycles. The lowest BCUT2D eigenvalue weighted by Gasteiger charge is -2.05. The summed E-state index contributed by atoms with van der Waals surface area (Å²) in [5, 5.41) is 11.2. The Balaban J connectivity index is 2.23. The van der Waals surface area contributed by atoms with Crippen molar-refractivity contribution in [1.82, 2.24) is 9.38 Å². The number of aromatic nitrogens is 2. The van der Waals surface area contributed by atoms with Crippen molar-refractivity contribution in [3.05, 3.63) is 41.0 Å². The second-order valence-corrected chi connectivity index (χ2v) is 5.54. The zero-order valence-corrected chi connectivity index (χ0v) is 12.5. The SMILES string of the molecule is COc1cccc(-c2nc3scc(C)n3c2CC(=O)O)c1. The van der Waals surface area contributed by atoms with E-state index in [1.807, 2.05) is 41.0 Å². The first-order chi connectivity index (χ1) is 10.1. The van der Waals surface area contributed by atoms with E-state index in [0.29, 0.717) is 11.4 Å². The lowest BCUT2D eigenvalue weighted by atomic mass is 10.1. The van der Waals surface area contributed by atoms with Crippen molar-refractivity contribution in [1.29, 1.82) is 0 Å². The van der Waals surface area contributed by atoms with Crippen LogP contribution < -0.4 is 4.74 Å². The Hall–Kier alpha value is -2.34. The van der Waals surface area contributed by atoms with Crippen molar-refractivity contribution in [2.24, 2.45) is 0 Å². The molecule has 0 unspecified atom stereocenters. The summed E-state index contributed by atoms with van der Waals surface area (Å²) in [5.41, 5.74) is 3.25. The number of carboxylic acids is 1. The Morgan fingerprint density at radius 3 is 3.00 bits per heavy atom. The smallest absolute Gasteiger partial charge is 0.309 e. The maximum absolute atomic E-state index is 11.2. The van der Waals surface area contributed by atoms with Crippen LogP contribution in [-0.4, -0.2) is 27.6 Å². The topological polar surface area (TPSA) is 63.8 Å². The average molecular weight is 302 g/mol. The Labute approximate surface area is 125 Å². The number of hydrogen-bond donors (Lipinski definition) is 1. The van der Waals surface area contributed by atoms with Gasteiger partial charge in [-0.2, -0.15) is 0 Å². The van der Waals surface area contributed by atoms with Gasteiger partial charge in [0.2, 0.25) is 0 Å². The third kappa shape index (κ3) is 2.38. The van der Waals surface area contributed by atoms with Crippen LogP contribution in [0.4, 0.5) is 0 Å². The molecule has 0 saturated heterocycles. The van der Waals surface area contributed by atoms with Crippen LogP contribution in [0.3, 0.4) is 0 Å². The second kappa shape index (κ2) is 5.21. The van der Waals surface area contributed by atoms with Crippen LogP contribution in [0.5, 0.6) is 5.75 Å². The Morgan fingerprint density at radius 2 is 2.29 bits per heavy atom. The molecule has 6 heteroatoms. The van der Waals surface area contributed by atoms with Gasteiger partial charge in [-0.25, -0.2) is 4.98 Å². The van der Waals surface area contributed by atoms with E-state index in [1.54, 1.807) is 7.11 Å². The van der Waals surface area contributed by atoms with Gasteiger partial charge in [-0.3, -0.25) is 9.20 Å². The quantitative estimate of drug-likeness (QED) is 0.804. The number of rotatable bonds is 4. The van der Waals surface area contributed by atoms with E-state index in [4.69, 9.17) is 4.74 Å². The molecule has 0 fully saturated rings. The van der Waals surface area contributed by atoms with Crippen LogP contribution in [0.25, 0.3) is 16.2 Å². The zero-order chi connectivity index (χ0) is 15.0. The number of aryl methyl sites for hydroxylation is 1. The third-order valence-electron chi connectivity index (χ3n) is 3.29. The number of fused-ring (bicyclic) bond motifs is 1. The number of imidazole rings is 1. The molecule has 0 aliphatic rings. The van der Waals surface area contributed by atoms with E-state index >= 15 is 0 Å². The summed E-state index contributed by atoms with van der Waals surface area (Å²) in [7, 11) is 1.60. The summed E-state index contributed by atoms with van der Waals surface area (Å²) in [6.07, 6.45) is -0.0642. The molecule has 2 heterocycles. The van der Waals surface area contributed by atoms with E-state index in [2.05, 4.69) is 4.98 Å². The van der Waals surface area contributed by atoms with E-state index in [-0.39, 0.29) is 6.42 Å². The molecule has 3 rings (SSSR count). The zero-order valence-electron chi connectivity index (χ0n) is 11.7. The lowest BCUT2D eigenvalue weighted by Crippen LogP contribution is -2.05. The number of aliphatic carboxylic acids is 1. The molecule has 0 amide bonds. The van der Waals surface area contributed by atoms with Gasteiger partial charge in [-0.05, 0) is 19.1 Å². The minimum absolute atomic E-state index is 0.0642. The first-order valence-electron chi connectivity index (χ1n) is 6.42. The van der Waals surface area contributed by atoms with Gasteiger partial charge in [-0.1, -0.05) is 12.1 Å². The number of methoxy groups -OCH3 is 1. The van der Waals surface area contributed by atoms with Crippen LogP contribution in [0.2, 0.25) is 0 Å². The largest absolute Gasteiger partial charge is 0.497 e. The van der Waals surface area contributed by atoms with Crippen molar-refractivity contribution >= 4 is 22.3 Å². The maximum atomic E-state index is 11.2. The van der Waals surface area contributed by atoms with Gasteiger partial charge in [0.1, 0.15) is 5.75 Å². The van der Waals surface area contributed by atoms with Gasteiger partial charge < -0.3 is 9.84 Å². The van der Waals surface area contributed by atoms with Crippen molar-refractivity contribution in [2.75, 3.05) is 7.11 Å². The highest BCUT2D eigenvalue weighted by Gasteiger charge is 2.19. The van der Waals surface area contributed by atoms with Gasteiger partial charge >= 0.3 is 5.97 Å². The molecule has 0 aliphatic carbocycles. The molecule has 3 aromatic rings. The van der Waals surface area contributed by atoms with E-state index in [0.717, 1.165) is 22.0 Å². The van der Waals surface area contributed by atoms with Crippen LogP contribution in [0, 0.1) is 6.92 Å². The molecular weight excluding hydrogens is 288 g/mol. The normalized spacial score (nSPS) is 11.0. The number of carboxylic acid groups (broad SMARTS) is 1. The molecule has 0 spiro atoms. The van der Waals surface area contributed by atoms with E-state index < -0.39 is 5.97 Å². The molecule has 0 atom stereocenters. The van der Waals surface area contributed by atoms with Gasteiger partial charge in [0, 0.05) is 16.6 Å². The minimum atomic E-state index is -0.869. The first-order valence-corrected chi connectivity index (χ1v) is 7.29. The molecular formula is C15H14N2O3S. The fourth-order valence-corrected chi connectivity index (χ4v) is 3.26. The number of thiazole rings is 1. The monoisotopic (exact) mass is 302 g/mol. The van der Waals surface area contributed by atoms with Gasteiger partial charge in [0.05, 0.1) is 24.9 Å². The van der Waals surface area contributed by atoms with Crippen LogP contribution in [-0.2, 0) is 11.2 Å². The summed E-state index contributed by atoms with van der Waals surface area (Å²) < 4.78 is 7.14. The number of ether oxygens (including phenoxy) is 1. The highest BCUT2D eigenvalue weighted by atomic mass is 32.1. The molecule has 0 aliphatic heterocycles. The summed E-state index contributed by atoms with van der Waals surface area (Å²) in [5.74, 6) is -0.145. The molecule has 0 bridgehead atoms. The number of nitrogens with zero attached hydrogens (tertiary/aromatic N) is 2. The van der Waals surface area contributed by atoms with Gasteiger partial charge in [0.15, 0.2) is 4.96 Å². The molecule has 108 valence electrons. The summed E-state index contributed by atoms with van der Waals surface area (Å²) in [4.78, 5) is 16.6. The van der Waals surface area contributed by atoms with Gasteiger partial charge in [0.25, 0.3) is 0 Å². The summed E-state index contributed by atoms with van der Waals surface area (Å²) in [6, 6.07) is 7.51. The van der Waals surface area contributed by atoms with Crippen molar-refractivity contribution < 1.29 is 14.6 Å². The predicted molar refractivity (Wildman–Crippen MR) is 81.1 cm³/mol. The Kier molecular flexibility index (Phi) is 3.39. The highest BCUT2D eigenvalue weighted by Crippen LogP contribution is 2.30. The van der Waals surface area contributed by atoms with Crippen LogP contribution in [0.1, 0.15) is 11.4 Å². The first kappa shape index (κ1) is 13.6. The lowest BCUT2D eigenvalue weighted by molar-refractivity contribution is -0.136. The molecule has 0 saturated carbocycles. The average Bonchev–Trinajstić information content (AvgIpc) is 3.00. The summed E-state index contributed by atoms with van der Waals surface area (Å²) >= 11 is 1.51. The van der Waals surface area contributed by atoms with Crippen molar-refractivity contribution in [3.8, 4) is 17.0 Å². The van der Waals surface area contributed by atoms with Gasteiger partial charge in [-0.15, -0.1) is 11.3 Å². The molecule has 1 aromatic carbocycles. The number of carbonyl (C=O) groups is 1. The molecule has 21 heavy (non-hydrogen) atoms. The van der Waals surface area contributed by atoms with Crippen molar-refractivity contribution in [2.45, 2.75) is 13.3 Å². The number of hydrogen-bond acceptors (Lipinski definition) is 4. The third-order valence-corrected chi connectivity index (χ3v) is 4.24. The fraction of sp³-hybridized carbons (Fsp3) is 0.200. The standard InChI is InChI=1S/C15H14N2O3S/c1-9-8-21-15-16-14(12(17(9)15)7-13(18)19)10-4-3-5-11(6-10)20-2/h3-6,8H,7H2,1-2H3,(H,18,19). The highest BCUT2D eigenvalue weighted by molar-refractivity contribution is 7.15. The second-order valence-electron chi connectivity index (χ2n) is 4.70. The maximum Gasteiger partial charge on any atom is 0.309 e. The fourth-order valence-electron chi connectivity index (χ4n) is 2.37. The molecule has 1 N–H and O–H groups in total.